The van der Waals surface area contributed by atoms with Crippen molar-refractivity contribution in [3.05, 3.63) is 0 Å². The van der Waals surface area contributed by atoms with Gasteiger partial charge in [0.25, 0.3) is 0 Å². The van der Waals surface area contributed by atoms with E-state index in [1.165, 1.54) is 0 Å². The van der Waals surface area contributed by atoms with Gasteiger partial charge >= 0.3 is 0 Å². The first kappa shape index (κ1) is 11.9. The van der Waals surface area contributed by atoms with Gasteiger partial charge in [0.05, 0.1) is 19.3 Å². The van der Waals surface area contributed by atoms with Crippen LogP contribution >= 0.6 is 0 Å². The van der Waals surface area contributed by atoms with Crippen LogP contribution in [0.5, 0.6) is 0 Å². The Labute approximate surface area is 85.9 Å². The van der Waals surface area contributed by atoms with Crippen LogP contribution in [0.2, 0.25) is 0 Å². The molecule has 0 bridgehead atoms. The Kier molecular flexibility index (Phi) is 6.10. The van der Waals surface area contributed by atoms with Gasteiger partial charge in [-0.2, -0.15) is 5.48 Å². The Hall–Kier alpha value is -0.160. The molecule has 0 spiro atoms. The number of hydrogen-bond donors (Lipinski definition) is 1. The lowest BCUT2D eigenvalue weighted by atomic mass is 10.0. The highest BCUT2D eigenvalue weighted by Gasteiger charge is 2.20. The van der Waals surface area contributed by atoms with Crippen molar-refractivity contribution in [1.82, 2.24) is 5.48 Å². The summed E-state index contributed by atoms with van der Waals surface area (Å²) < 4.78 is 10.4. The number of hydrogen-bond acceptors (Lipinski definition) is 4. The molecule has 0 aromatic heterocycles. The van der Waals surface area contributed by atoms with Crippen molar-refractivity contribution >= 4 is 0 Å². The smallest absolute Gasteiger partial charge is 0.0915 e. The second-order valence-corrected chi connectivity index (χ2v) is 3.58. The minimum Gasteiger partial charge on any atom is -0.382 e. The molecule has 1 aliphatic heterocycles. The molecule has 0 amide bonds. The molecule has 1 fully saturated rings. The average Bonchev–Trinajstić information content (AvgIpc) is 2.25. The summed E-state index contributed by atoms with van der Waals surface area (Å²) in [5.74, 6) is 0. The lowest BCUT2D eigenvalue weighted by Crippen LogP contribution is -2.39. The van der Waals surface area contributed by atoms with Crippen molar-refractivity contribution in [3.8, 4) is 0 Å². The first-order chi connectivity index (χ1) is 6.86. The molecule has 1 N–H and O–H groups in total. The molecule has 2 atom stereocenters. The molecule has 1 aliphatic rings. The van der Waals surface area contributed by atoms with E-state index in [0.717, 1.165) is 25.9 Å². The Morgan fingerprint density at radius 3 is 3.00 bits per heavy atom. The highest BCUT2D eigenvalue weighted by molar-refractivity contribution is 4.73. The van der Waals surface area contributed by atoms with Gasteiger partial charge in [-0.05, 0) is 19.3 Å². The summed E-state index contributed by atoms with van der Waals surface area (Å²) >= 11 is 0. The fraction of sp³-hybridized carbons (Fsp3) is 1.00. The van der Waals surface area contributed by atoms with Gasteiger partial charge in [-0.15, -0.1) is 0 Å². The third-order valence-electron chi connectivity index (χ3n) is 2.46. The third-order valence-corrected chi connectivity index (χ3v) is 2.46. The number of ether oxygens (including phenoxy) is 2. The number of rotatable bonds is 6. The Bertz CT molecular complexity index is 143. The van der Waals surface area contributed by atoms with E-state index in [2.05, 4.69) is 12.4 Å². The molecular formula is C10H21NO3. The zero-order valence-corrected chi connectivity index (χ0v) is 9.12. The average molecular weight is 203 g/mol. The first-order valence-electron chi connectivity index (χ1n) is 5.34. The zero-order valence-electron chi connectivity index (χ0n) is 9.12. The van der Waals surface area contributed by atoms with Crippen LogP contribution in [-0.4, -0.2) is 39.1 Å². The highest BCUT2D eigenvalue weighted by atomic mass is 16.7. The molecule has 1 saturated heterocycles. The minimum absolute atomic E-state index is 0.396. The van der Waals surface area contributed by atoms with E-state index in [1.54, 1.807) is 7.11 Å². The van der Waals surface area contributed by atoms with Crippen LogP contribution in [0.15, 0.2) is 0 Å². The van der Waals surface area contributed by atoms with Crippen molar-refractivity contribution in [2.24, 2.45) is 0 Å². The predicted octanol–water partition coefficient (Wildman–Crippen LogP) is 1.11. The predicted molar refractivity (Wildman–Crippen MR) is 54.0 cm³/mol. The minimum atomic E-state index is 0.396. The van der Waals surface area contributed by atoms with Gasteiger partial charge in [0, 0.05) is 19.8 Å². The molecule has 4 nitrogen and oxygen atoms in total. The normalized spacial score (nSPS) is 27.9. The van der Waals surface area contributed by atoms with Crippen molar-refractivity contribution < 1.29 is 14.3 Å². The van der Waals surface area contributed by atoms with Gasteiger partial charge in [-0.3, -0.25) is 4.84 Å². The van der Waals surface area contributed by atoms with Gasteiger partial charge in [-0.25, -0.2) is 0 Å². The number of hydroxylamine groups is 1. The van der Waals surface area contributed by atoms with Gasteiger partial charge in [0.1, 0.15) is 0 Å². The Morgan fingerprint density at radius 1 is 1.43 bits per heavy atom. The monoisotopic (exact) mass is 203 g/mol. The molecule has 14 heavy (non-hydrogen) atoms. The largest absolute Gasteiger partial charge is 0.382 e. The summed E-state index contributed by atoms with van der Waals surface area (Å²) in [4.78, 5) is 5.28. The van der Waals surface area contributed by atoms with Crippen molar-refractivity contribution in [1.29, 1.82) is 0 Å². The standard InChI is InChI=1S/C10H21NO3/c1-3-10-8-9(4-5-13-10)11-14-7-6-12-2/h9-11H,3-8H2,1-2H3. The zero-order chi connectivity index (χ0) is 10.2. The molecule has 1 heterocycles. The van der Waals surface area contributed by atoms with Crippen LogP contribution in [0.3, 0.4) is 0 Å². The van der Waals surface area contributed by atoms with Gasteiger partial charge in [-0.1, -0.05) is 6.92 Å². The molecule has 0 aliphatic carbocycles. The number of nitrogens with one attached hydrogen (secondary N) is 1. The summed E-state index contributed by atoms with van der Waals surface area (Å²) in [5, 5.41) is 0. The van der Waals surface area contributed by atoms with Crippen molar-refractivity contribution in [3.63, 3.8) is 0 Å². The highest BCUT2D eigenvalue weighted by Crippen LogP contribution is 2.15. The van der Waals surface area contributed by atoms with Crippen LogP contribution in [0.25, 0.3) is 0 Å². The van der Waals surface area contributed by atoms with Gasteiger partial charge in [0.2, 0.25) is 0 Å². The molecule has 0 radical (unpaired) electrons. The second-order valence-electron chi connectivity index (χ2n) is 3.58. The maximum atomic E-state index is 5.56. The Balaban J connectivity index is 2.05. The van der Waals surface area contributed by atoms with E-state index in [1.807, 2.05) is 0 Å². The molecule has 1 rings (SSSR count). The molecule has 2 unspecified atom stereocenters. The van der Waals surface area contributed by atoms with E-state index in [0.29, 0.717) is 25.4 Å². The maximum absolute atomic E-state index is 5.56. The van der Waals surface area contributed by atoms with Crippen LogP contribution in [0.1, 0.15) is 26.2 Å². The maximum Gasteiger partial charge on any atom is 0.0915 e. The lowest BCUT2D eigenvalue weighted by molar-refractivity contribution is -0.0615. The SMILES string of the molecule is CCC1CC(NOCCOC)CCO1. The molecule has 0 aromatic rings. The summed E-state index contributed by atoms with van der Waals surface area (Å²) in [6.45, 7) is 4.22. The van der Waals surface area contributed by atoms with E-state index in [4.69, 9.17) is 14.3 Å². The van der Waals surface area contributed by atoms with Crippen LogP contribution < -0.4 is 5.48 Å². The van der Waals surface area contributed by atoms with E-state index >= 15 is 0 Å². The van der Waals surface area contributed by atoms with Gasteiger partial charge in [0.15, 0.2) is 0 Å². The van der Waals surface area contributed by atoms with Gasteiger partial charge < -0.3 is 9.47 Å². The fourth-order valence-electron chi connectivity index (χ4n) is 1.57. The Morgan fingerprint density at radius 2 is 2.29 bits per heavy atom. The molecule has 0 saturated carbocycles. The van der Waals surface area contributed by atoms with E-state index in [-0.39, 0.29) is 0 Å². The molecule has 4 heteroatoms. The fourth-order valence-corrected chi connectivity index (χ4v) is 1.57. The first-order valence-corrected chi connectivity index (χ1v) is 5.34. The summed E-state index contributed by atoms with van der Waals surface area (Å²) in [6, 6.07) is 0.436. The molecule has 84 valence electrons. The van der Waals surface area contributed by atoms with Crippen molar-refractivity contribution in [2.45, 2.75) is 38.3 Å². The quantitative estimate of drug-likeness (QED) is 0.518. The molecular weight excluding hydrogens is 182 g/mol. The second kappa shape index (κ2) is 7.17. The van der Waals surface area contributed by atoms with Crippen LogP contribution in [-0.2, 0) is 14.3 Å². The third kappa shape index (κ3) is 4.37. The topological polar surface area (TPSA) is 39.7 Å². The molecule has 0 aromatic carbocycles. The van der Waals surface area contributed by atoms with Crippen LogP contribution in [0.4, 0.5) is 0 Å². The van der Waals surface area contributed by atoms with E-state index in [9.17, 15) is 0 Å². The van der Waals surface area contributed by atoms with Crippen LogP contribution in [0, 0.1) is 0 Å². The lowest BCUT2D eigenvalue weighted by Gasteiger charge is -2.29. The summed E-state index contributed by atoms with van der Waals surface area (Å²) in [7, 11) is 1.67. The van der Waals surface area contributed by atoms with Crippen molar-refractivity contribution in [2.75, 3.05) is 26.9 Å². The van der Waals surface area contributed by atoms with E-state index < -0.39 is 0 Å². The summed E-state index contributed by atoms with van der Waals surface area (Å²) in [5.41, 5.74) is 3.06. The summed E-state index contributed by atoms with van der Waals surface area (Å²) in [6.07, 6.45) is 3.55. The number of methoxy groups -OCH3 is 1.